The number of thioether (sulfide) groups is 1. The molecular weight excluding hydrogens is 420 g/mol. The Morgan fingerprint density at radius 3 is 2.31 bits per heavy atom. The van der Waals surface area contributed by atoms with Crippen LogP contribution in [0.2, 0.25) is 0 Å². The van der Waals surface area contributed by atoms with E-state index >= 15 is 0 Å². The minimum atomic E-state index is -0.726. The predicted octanol–water partition coefficient (Wildman–Crippen LogP) is 8.78. The molecule has 0 saturated heterocycles. The summed E-state index contributed by atoms with van der Waals surface area (Å²) in [7, 11) is 0. The van der Waals surface area contributed by atoms with Crippen LogP contribution in [0.1, 0.15) is 96.5 Å². The van der Waals surface area contributed by atoms with Gasteiger partial charge in [-0.25, -0.2) is 8.78 Å². The molecule has 1 aromatic rings. The van der Waals surface area contributed by atoms with Gasteiger partial charge in [0.15, 0.2) is 0 Å². The molecule has 1 atom stereocenters. The van der Waals surface area contributed by atoms with Gasteiger partial charge in [0, 0.05) is 11.1 Å². The Hall–Kier alpha value is -1.78. The summed E-state index contributed by atoms with van der Waals surface area (Å²) in [5, 5.41) is 10.4. The maximum atomic E-state index is 14.0. The summed E-state index contributed by atoms with van der Waals surface area (Å²) in [6.07, 6.45) is 15.7. The number of halogens is 2. The van der Waals surface area contributed by atoms with Gasteiger partial charge in [-0.2, -0.15) is 5.26 Å². The van der Waals surface area contributed by atoms with Crippen LogP contribution in [0.4, 0.5) is 8.78 Å². The lowest BCUT2D eigenvalue weighted by atomic mass is 9.69. The zero-order chi connectivity index (χ0) is 22.9. The van der Waals surface area contributed by atoms with Gasteiger partial charge in [0.25, 0.3) is 0 Å². The first kappa shape index (κ1) is 24.9. The SMILES string of the molecule is CCCCCCC1CCC(C2CCC(C#Cc3cc(F)c(SC#N)c(F)c3)=C(C)C2)CC1. The lowest BCUT2D eigenvalue weighted by Crippen LogP contribution is -2.24. The number of benzene rings is 1. The van der Waals surface area contributed by atoms with Gasteiger partial charge in [-0.3, -0.25) is 0 Å². The van der Waals surface area contributed by atoms with E-state index in [1.807, 2.05) is 0 Å². The molecule has 1 fully saturated rings. The molecule has 0 heterocycles. The molecule has 0 radical (unpaired) electrons. The van der Waals surface area contributed by atoms with Crippen molar-refractivity contribution in [2.24, 2.45) is 17.8 Å². The maximum Gasteiger partial charge on any atom is 0.142 e. The fraction of sp³-hybridized carbons (Fsp3) is 0.607. The third-order valence-corrected chi connectivity index (χ3v) is 8.06. The Morgan fingerprint density at radius 2 is 1.69 bits per heavy atom. The summed E-state index contributed by atoms with van der Waals surface area (Å²) in [5.74, 6) is 7.23. The van der Waals surface area contributed by atoms with E-state index in [-0.39, 0.29) is 4.90 Å². The van der Waals surface area contributed by atoms with Crippen LogP contribution in [0, 0.1) is 51.9 Å². The Labute approximate surface area is 197 Å². The van der Waals surface area contributed by atoms with E-state index in [2.05, 4.69) is 25.7 Å². The Kier molecular flexibility index (Phi) is 9.68. The molecule has 0 spiro atoms. The lowest BCUT2D eigenvalue weighted by Gasteiger charge is -2.36. The third-order valence-electron chi connectivity index (χ3n) is 7.38. The highest BCUT2D eigenvalue weighted by Crippen LogP contribution is 2.42. The third kappa shape index (κ3) is 6.86. The molecule has 1 aromatic carbocycles. The van der Waals surface area contributed by atoms with Gasteiger partial charge in [0.2, 0.25) is 0 Å². The minimum Gasteiger partial charge on any atom is -0.206 e. The molecule has 0 bridgehead atoms. The molecule has 1 nitrogen and oxygen atoms in total. The monoisotopic (exact) mass is 455 g/mol. The summed E-state index contributed by atoms with van der Waals surface area (Å²) in [6, 6.07) is 2.44. The standard InChI is InChI=1S/C28H35F2NS/c1-3-4-5-6-7-21-8-12-24(13-9-21)25-15-14-23(20(2)16-25)11-10-22-17-26(29)28(32-19-31)27(30)18-22/h17-18,21,24-25H,3-9,12-16H2,1-2H3. The number of hydrogen-bond donors (Lipinski definition) is 0. The van der Waals surface area contributed by atoms with E-state index in [4.69, 9.17) is 5.26 Å². The molecule has 0 amide bonds. The van der Waals surface area contributed by atoms with Crippen LogP contribution in [0.15, 0.2) is 28.2 Å². The smallest absolute Gasteiger partial charge is 0.142 e. The van der Waals surface area contributed by atoms with Crippen molar-refractivity contribution in [2.45, 2.75) is 95.8 Å². The molecule has 2 aliphatic rings. The molecule has 1 saturated carbocycles. The van der Waals surface area contributed by atoms with Crippen molar-refractivity contribution in [3.8, 4) is 17.2 Å². The van der Waals surface area contributed by atoms with Crippen molar-refractivity contribution < 1.29 is 8.78 Å². The van der Waals surface area contributed by atoms with Crippen molar-refractivity contribution >= 4 is 11.8 Å². The van der Waals surface area contributed by atoms with Crippen molar-refractivity contribution in [1.29, 1.82) is 5.26 Å². The zero-order valence-electron chi connectivity index (χ0n) is 19.5. The molecule has 2 aliphatic carbocycles. The van der Waals surface area contributed by atoms with Gasteiger partial charge in [-0.1, -0.05) is 69.3 Å². The normalized spacial score (nSPS) is 23.4. The molecule has 3 rings (SSSR count). The van der Waals surface area contributed by atoms with Crippen LogP contribution in [0.5, 0.6) is 0 Å². The van der Waals surface area contributed by atoms with Gasteiger partial charge >= 0.3 is 0 Å². The summed E-state index contributed by atoms with van der Waals surface area (Å²) >= 11 is 0.501. The first-order valence-corrected chi connectivity index (χ1v) is 13.1. The van der Waals surface area contributed by atoms with Crippen LogP contribution in [0.25, 0.3) is 0 Å². The average Bonchev–Trinajstić information content (AvgIpc) is 2.79. The minimum absolute atomic E-state index is 0.260. The number of nitriles is 1. The van der Waals surface area contributed by atoms with E-state index in [1.165, 1.54) is 81.9 Å². The van der Waals surface area contributed by atoms with Gasteiger partial charge in [0.1, 0.15) is 17.0 Å². The largest absolute Gasteiger partial charge is 0.206 e. The molecule has 32 heavy (non-hydrogen) atoms. The van der Waals surface area contributed by atoms with Gasteiger partial charge in [-0.15, -0.1) is 0 Å². The maximum absolute atomic E-state index is 14.0. The molecule has 0 N–H and O–H groups in total. The number of rotatable bonds is 7. The number of unbranched alkanes of at least 4 members (excludes halogenated alkanes) is 3. The highest BCUT2D eigenvalue weighted by atomic mass is 32.2. The number of hydrogen-bond acceptors (Lipinski definition) is 2. The van der Waals surface area contributed by atoms with Gasteiger partial charge in [0.05, 0.1) is 4.90 Å². The van der Waals surface area contributed by atoms with Crippen LogP contribution in [0.3, 0.4) is 0 Å². The summed E-state index contributed by atoms with van der Waals surface area (Å²) in [6.45, 7) is 4.44. The quantitative estimate of drug-likeness (QED) is 0.177. The van der Waals surface area contributed by atoms with Crippen molar-refractivity contribution in [2.75, 3.05) is 0 Å². The lowest BCUT2D eigenvalue weighted by molar-refractivity contribution is 0.183. The van der Waals surface area contributed by atoms with Crippen molar-refractivity contribution in [1.82, 2.24) is 0 Å². The molecule has 1 unspecified atom stereocenters. The summed E-state index contributed by atoms with van der Waals surface area (Å²) < 4.78 is 28.1. The van der Waals surface area contributed by atoms with E-state index in [9.17, 15) is 8.78 Å². The molecule has 4 heteroatoms. The van der Waals surface area contributed by atoms with Crippen LogP contribution < -0.4 is 0 Å². The van der Waals surface area contributed by atoms with Crippen LogP contribution in [-0.2, 0) is 0 Å². The Balaban J connectivity index is 1.54. The number of thiocyanates is 1. The second kappa shape index (κ2) is 12.5. The molecule has 172 valence electrons. The van der Waals surface area contributed by atoms with Crippen LogP contribution >= 0.6 is 11.8 Å². The molecule has 0 aliphatic heterocycles. The summed E-state index contributed by atoms with van der Waals surface area (Å²) in [5.41, 5.74) is 2.79. The second-order valence-electron chi connectivity index (χ2n) is 9.60. The van der Waals surface area contributed by atoms with Crippen molar-refractivity contribution in [3.05, 3.63) is 40.5 Å². The Morgan fingerprint density at radius 1 is 0.969 bits per heavy atom. The van der Waals surface area contributed by atoms with Gasteiger partial charge in [-0.05, 0) is 80.7 Å². The highest BCUT2D eigenvalue weighted by molar-refractivity contribution is 8.03. The van der Waals surface area contributed by atoms with Gasteiger partial charge < -0.3 is 0 Å². The van der Waals surface area contributed by atoms with Crippen LogP contribution in [-0.4, -0.2) is 0 Å². The number of nitrogens with zero attached hydrogens (tertiary/aromatic N) is 1. The molecule has 0 aromatic heterocycles. The zero-order valence-corrected chi connectivity index (χ0v) is 20.3. The topological polar surface area (TPSA) is 23.8 Å². The van der Waals surface area contributed by atoms with E-state index in [0.717, 1.165) is 36.2 Å². The number of allylic oxidation sites excluding steroid dienone is 2. The fourth-order valence-corrected chi connectivity index (χ4v) is 5.87. The fourth-order valence-electron chi connectivity index (χ4n) is 5.46. The van der Waals surface area contributed by atoms with E-state index in [1.54, 1.807) is 5.40 Å². The highest BCUT2D eigenvalue weighted by Gasteiger charge is 2.29. The van der Waals surface area contributed by atoms with Crippen molar-refractivity contribution in [3.63, 3.8) is 0 Å². The Bertz CT molecular complexity index is 887. The predicted molar refractivity (Wildman–Crippen MR) is 129 cm³/mol. The summed E-state index contributed by atoms with van der Waals surface area (Å²) in [4.78, 5) is -0.260. The van der Waals surface area contributed by atoms with E-state index in [0.29, 0.717) is 17.3 Å². The second-order valence-corrected chi connectivity index (χ2v) is 10.4. The molecular formula is C28H35F2NS. The first-order valence-electron chi connectivity index (χ1n) is 12.3. The first-order chi connectivity index (χ1) is 15.5. The van der Waals surface area contributed by atoms with E-state index < -0.39 is 11.6 Å². The average molecular weight is 456 g/mol.